The Kier molecular flexibility index (Phi) is 5.08. The molecule has 2 aliphatic rings. The summed E-state index contributed by atoms with van der Waals surface area (Å²) in [6, 6.07) is -0.00183. The molecule has 4 heteroatoms. The minimum absolute atomic E-state index is 0.00183. The Labute approximate surface area is 123 Å². The molecule has 1 saturated carbocycles. The molecule has 0 spiro atoms. The van der Waals surface area contributed by atoms with Crippen molar-refractivity contribution in [1.82, 2.24) is 10.2 Å². The minimum Gasteiger partial charge on any atom is -0.374 e. The van der Waals surface area contributed by atoms with Crippen molar-refractivity contribution >= 4 is 5.91 Å². The van der Waals surface area contributed by atoms with Crippen molar-refractivity contribution < 1.29 is 9.53 Å². The van der Waals surface area contributed by atoms with Gasteiger partial charge in [0.05, 0.1) is 24.4 Å². The van der Waals surface area contributed by atoms with Crippen LogP contribution in [0.2, 0.25) is 0 Å². The summed E-state index contributed by atoms with van der Waals surface area (Å²) in [5, 5.41) is 3.57. The van der Waals surface area contributed by atoms with Gasteiger partial charge >= 0.3 is 0 Å². The molecule has 0 aromatic rings. The van der Waals surface area contributed by atoms with E-state index in [-0.39, 0.29) is 23.7 Å². The summed E-state index contributed by atoms with van der Waals surface area (Å²) < 4.78 is 5.80. The molecule has 1 amide bonds. The minimum atomic E-state index is -0.272. The Morgan fingerprint density at radius 2 is 1.95 bits per heavy atom. The molecule has 1 heterocycles. The molecule has 0 aromatic carbocycles. The van der Waals surface area contributed by atoms with E-state index in [9.17, 15) is 4.79 Å². The Hall–Kier alpha value is -0.610. The van der Waals surface area contributed by atoms with Crippen LogP contribution in [0.25, 0.3) is 0 Å². The fourth-order valence-corrected chi connectivity index (χ4v) is 3.68. The van der Waals surface area contributed by atoms with Crippen LogP contribution < -0.4 is 5.32 Å². The van der Waals surface area contributed by atoms with Crippen LogP contribution in [-0.2, 0) is 9.53 Å². The van der Waals surface area contributed by atoms with Gasteiger partial charge in [0.15, 0.2) is 0 Å². The molecule has 1 aliphatic carbocycles. The van der Waals surface area contributed by atoms with Crippen LogP contribution in [-0.4, -0.2) is 41.8 Å². The number of rotatable bonds is 6. The van der Waals surface area contributed by atoms with Gasteiger partial charge in [-0.3, -0.25) is 10.1 Å². The van der Waals surface area contributed by atoms with Gasteiger partial charge in [-0.2, -0.15) is 0 Å². The highest BCUT2D eigenvalue weighted by Gasteiger charge is 2.44. The number of ether oxygens (including phenoxy) is 1. The van der Waals surface area contributed by atoms with E-state index in [4.69, 9.17) is 4.74 Å². The van der Waals surface area contributed by atoms with Crippen LogP contribution in [0.4, 0.5) is 0 Å². The number of amides is 1. The molecule has 2 fully saturated rings. The Balaban J connectivity index is 2.10. The largest absolute Gasteiger partial charge is 0.374 e. The zero-order valence-electron chi connectivity index (χ0n) is 13.4. The highest BCUT2D eigenvalue weighted by Crippen LogP contribution is 2.33. The maximum absolute atomic E-state index is 12.6. The topological polar surface area (TPSA) is 41.6 Å². The normalized spacial score (nSPS) is 28.6. The first-order valence-electron chi connectivity index (χ1n) is 8.19. The molecule has 1 saturated heterocycles. The van der Waals surface area contributed by atoms with Crippen molar-refractivity contribution in [1.29, 1.82) is 0 Å². The van der Waals surface area contributed by atoms with E-state index in [0.29, 0.717) is 19.1 Å². The molecule has 1 N–H and O–H groups in total. The first-order chi connectivity index (χ1) is 9.48. The molecule has 0 aromatic heterocycles. The number of hydrogen-bond acceptors (Lipinski definition) is 3. The number of nitrogens with zero attached hydrogens (tertiary/aromatic N) is 1. The first kappa shape index (κ1) is 15.8. The molecule has 116 valence electrons. The van der Waals surface area contributed by atoms with Gasteiger partial charge in [0.25, 0.3) is 0 Å². The van der Waals surface area contributed by atoms with Gasteiger partial charge in [0, 0.05) is 6.61 Å². The second-order valence-electron chi connectivity index (χ2n) is 6.78. The third-order valence-electron chi connectivity index (χ3n) is 4.63. The quantitative estimate of drug-likeness (QED) is 0.814. The van der Waals surface area contributed by atoms with E-state index >= 15 is 0 Å². The second kappa shape index (κ2) is 6.44. The van der Waals surface area contributed by atoms with Crippen LogP contribution in [0.1, 0.15) is 59.8 Å². The summed E-state index contributed by atoms with van der Waals surface area (Å²) in [7, 11) is 0. The van der Waals surface area contributed by atoms with Gasteiger partial charge in [0.1, 0.15) is 0 Å². The highest BCUT2D eigenvalue weighted by atomic mass is 16.5. The molecule has 2 atom stereocenters. The molecule has 2 rings (SSSR count). The summed E-state index contributed by atoms with van der Waals surface area (Å²) in [6.07, 6.45) is 6.18. The van der Waals surface area contributed by atoms with Crippen LogP contribution in [0.15, 0.2) is 0 Å². The summed E-state index contributed by atoms with van der Waals surface area (Å²) in [6.45, 7) is 9.62. The highest BCUT2D eigenvalue weighted by molar-refractivity contribution is 5.84. The Morgan fingerprint density at radius 3 is 2.50 bits per heavy atom. The molecule has 2 unspecified atom stereocenters. The van der Waals surface area contributed by atoms with E-state index in [2.05, 4.69) is 31.0 Å². The zero-order chi connectivity index (χ0) is 14.8. The lowest BCUT2D eigenvalue weighted by Gasteiger charge is -2.35. The third-order valence-corrected chi connectivity index (χ3v) is 4.63. The van der Waals surface area contributed by atoms with Gasteiger partial charge in [0.2, 0.25) is 5.91 Å². The average Bonchev–Trinajstić information content (AvgIpc) is 2.99. The van der Waals surface area contributed by atoms with Crippen molar-refractivity contribution in [2.24, 2.45) is 5.92 Å². The van der Waals surface area contributed by atoms with Crippen molar-refractivity contribution in [3.05, 3.63) is 0 Å². The van der Waals surface area contributed by atoms with Crippen LogP contribution in [0.5, 0.6) is 0 Å². The Morgan fingerprint density at radius 1 is 1.30 bits per heavy atom. The number of carbonyl (C=O) groups excluding carboxylic acids is 1. The predicted octanol–water partition coefficient (Wildman–Crippen LogP) is 2.53. The number of nitrogens with one attached hydrogen (secondary N) is 1. The molecule has 20 heavy (non-hydrogen) atoms. The lowest BCUT2D eigenvalue weighted by atomic mass is 10.0. The van der Waals surface area contributed by atoms with Gasteiger partial charge in [-0.25, -0.2) is 0 Å². The maximum Gasteiger partial charge on any atom is 0.241 e. The smallest absolute Gasteiger partial charge is 0.241 e. The monoisotopic (exact) mass is 282 g/mol. The van der Waals surface area contributed by atoms with E-state index in [1.54, 1.807) is 0 Å². The van der Waals surface area contributed by atoms with Gasteiger partial charge < -0.3 is 9.64 Å². The predicted molar refractivity (Wildman–Crippen MR) is 80.4 cm³/mol. The second-order valence-corrected chi connectivity index (χ2v) is 6.78. The van der Waals surface area contributed by atoms with Crippen molar-refractivity contribution in [3.8, 4) is 0 Å². The van der Waals surface area contributed by atoms with Gasteiger partial charge in [-0.1, -0.05) is 19.8 Å². The fraction of sp³-hybridized carbons (Fsp3) is 0.938. The van der Waals surface area contributed by atoms with Gasteiger partial charge in [-0.15, -0.1) is 0 Å². The molecule has 0 bridgehead atoms. The SMILES string of the molecule is CCOC(C)(C)CN1C(=O)C(CC)NC1C1CCCC1. The summed E-state index contributed by atoms with van der Waals surface area (Å²) in [4.78, 5) is 14.6. The molecule has 0 radical (unpaired) electrons. The summed E-state index contributed by atoms with van der Waals surface area (Å²) >= 11 is 0. The maximum atomic E-state index is 12.6. The van der Waals surface area contributed by atoms with Crippen LogP contribution in [0.3, 0.4) is 0 Å². The number of carbonyl (C=O) groups is 1. The van der Waals surface area contributed by atoms with E-state index < -0.39 is 0 Å². The van der Waals surface area contributed by atoms with Crippen molar-refractivity contribution in [2.75, 3.05) is 13.2 Å². The molecular formula is C16H30N2O2. The van der Waals surface area contributed by atoms with E-state index in [1.807, 2.05) is 6.92 Å². The zero-order valence-corrected chi connectivity index (χ0v) is 13.4. The molecular weight excluding hydrogens is 252 g/mol. The average molecular weight is 282 g/mol. The summed E-state index contributed by atoms with van der Waals surface area (Å²) in [5.74, 6) is 0.880. The van der Waals surface area contributed by atoms with Crippen molar-refractivity contribution in [2.45, 2.75) is 77.6 Å². The van der Waals surface area contributed by atoms with Crippen molar-refractivity contribution in [3.63, 3.8) is 0 Å². The standard InChI is InChI=1S/C16H30N2O2/c1-5-13-15(19)18(11-16(3,4)20-6-2)14(17-13)12-9-7-8-10-12/h12-14,17H,5-11H2,1-4H3. The van der Waals surface area contributed by atoms with Gasteiger partial charge in [-0.05, 0) is 46.0 Å². The number of hydrogen-bond donors (Lipinski definition) is 1. The lowest BCUT2D eigenvalue weighted by Crippen LogP contribution is -2.49. The first-order valence-corrected chi connectivity index (χ1v) is 8.19. The third kappa shape index (κ3) is 3.34. The molecule has 1 aliphatic heterocycles. The Bertz CT molecular complexity index is 337. The fourth-order valence-electron chi connectivity index (χ4n) is 3.68. The summed E-state index contributed by atoms with van der Waals surface area (Å²) in [5.41, 5.74) is -0.272. The van der Waals surface area contributed by atoms with E-state index in [1.165, 1.54) is 25.7 Å². The lowest BCUT2D eigenvalue weighted by molar-refractivity contribution is -0.135. The van der Waals surface area contributed by atoms with Crippen LogP contribution >= 0.6 is 0 Å². The van der Waals surface area contributed by atoms with E-state index in [0.717, 1.165) is 6.42 Å². The molecule has 4 nitrogen and oxygen atoms in total. The van der Waals surface area contributed by atoms with Crippen LogP contribution in [0, 0.1) is 5.92 Å².